The van der Waals surface area contributed by atoms with Crippen molar-refractivity contribution < 1.29 is 13.2 Å². The molecule has 4 rings (SSSR count). The van der Waals surface area contributed by atoms with Gasteiger partial charge in [0.15, 0.2) is 0 Å². The van der Waals surface area contributed by atoms with Crippen molar-refractivity contribution in [1.82, 2.24) is 10.9 Å². The monoisotopic (exact) mass is 411 g/mol. The predicted octanol–water partition coefficient (Wildman–Crippen LogP) is 3.38. The zero-order valence-electron chi connectivity index (χ0n) is 14.7. The fraction of sp³-hybridized carbons (Fsp3) is 0.0500. The number of thiophene rings is 1. The number of hydrazine groups is 1. The average molecular weight is 412 g/mol. The molecule has 8 heteroatoms. The number of anilines is 1. The maximum atomic E-state index is 12.4. The maximum Gasteiger partial charge on any atom is 0.271 e. The number of nitrogens with one attached hydrogen (secondary N) is 3. The van der Waals surface area contributed by atoms with E-state index in [0.717, 1.165) is 29.0 Å². The Kier molecular flexibility index (Phi) is 4.89. The lowest BCUT2D eigenvalue weighted by atomic mass is 10.1. The molecule has 0 bridgehead atoms. The summed E-state index contributed by atoms with van der Waals surface area (Å²) in [4.78, 5) is 12.4. The lowest BCUT2D eigenvalue weighted by Gasteiger charge is -2.11. The molecule has 0 saturated carbocycles. The Hall–Kier alpha value is -3.10. The highest BCUT2D eigenvalue weighted by Crippen LogP contribution is 2.24. The molecule has 1 heterocycles. The van der Waals surface area contributed by atoms with E-state index in [1.54, 1.807) is 35.7 Å². The van der Waals surface area contributed by atoms with Crippen LogP contribution in [0.1, 0.15) is 21.5 Å². The van der Waals surface area contributed by atoms with Gasteiger partial charge in [-0.3, -0.25) is 20.4 Å². The highest BCUT2D eigenvalue weighted by atomic mass is 32.2. The van der Waals surface area contributed by atoms with Crippen LogP contribution in [0, 0.1) is 0 Å². The molecule has 1 aromatic heterocycles. The molecule has 0 unspecified atom stereocenters. The SMILES string of the molecule is O=C(NNC1=CCc2ccccc21)c1ccc(NS(=O)(=O)c2cccs2)cc1. The van der Waals surface area contributed by atoms with Gasteiger partial charge in [0.05, 0.1) is 5.70 Å². The first-order valence-corrected chi connectivity index (χ1v) is 10.9. The van der Waals surface area contributed by atoms with E-state index in [1.807, 2.05) is 24.3 Å². The van der Waals surface area contributed by atoms with Gasteiger partial charge in [-0.1, -0.05) is 36.4 Å². The smallest absolute Gasteiger partial charge is 0.271 e. The Bertz CT molecular complexity index is 1140. The topological polar surface area (TPSA) is 87.3 Å². The van der Waals surface area contributed by atoms with Crippen molar-refractivity contribution in [2.75, 3.05) is 4.72 Å². The van der Waals surface area contributed by atoms with Crippen LogP contribution in [0.15, 0.2) is 76.3 Å². The molecular formula is C20H17N3O3S2. The number of amides is 1. The fourth-order valence-corrected chi connectivity index (χ4v) is 4.96. The molecule has 1 aliphatic carbocycles. The fourth-order valence-electron chi connectivity index (χ4n) is 2.91. The molecule has 0 spiro atoms. The Morgan fingerprint density at radius 2 is 1.75 bits per heavy atom. The summed E-state index contributed by atoms with van der Waals surface area (Å²) in [5.74, 6) is -0.307. The number of carbonyl (C=O) groups is 1. The Labute approximate surface area is 166 Å². The van der Waals surface area contributed by atoms with E-state index < -0.39 is 10.0 Å². The van der Waals surface area contributed by atoms with Gasteiger partial charge >= 0.3 is 0 Å². The molecule has 1 aliphatic rings. The summed E-state index contributed by atoms with van der Waals surface area (Å²) >= 11 is 1.14. The van der Waals surface area contributed by atoms with Crippen LogP contribution in [0.25, 0.3) is 5.70 Å². The van der Waals surface area contributed by atoms with Crippen LogP contribution in [0.5, 0.6) is 0 Å². The maximum absolute atomic E-state index is 12.4. The Morgan fingerprint density at radius 3 is 2.50 bits per heavy atom. The number of sulfonamides is 1. The minimum absolute atomic E-state index is 0.239. The minimum atomic E-state index is -3.60. The second-order valence-corrected chi connectivity index (χ2v) is 9.03. The molecule has 28 heavy (non-hydrogen) atoms. The van der Waals surface area contributed by atoms with E-state index in [4.69, 9.17) is 0 Å². The van der Waals surface area contributed by atoms with Crippen molar-refractivity contribution in [3.05, 3.63) is 88.8 Å². The number of fused-ring (bicyclic) bond motifs is 1. The van der Waals surface area contributed by atoms with Crippen molar-refractivity contribution in [3.63, 3.8) is 0 Å². The lowest BCUT2D eigenvalue weighted by molar-refractivity contribution is 0.0942. The summed E-state index contributed by atoms with van der Waals surface area (Å²) in [6.45, 7) is 0. The van der Waals surface area contributed by atoms with E-state index in [1.165, 1.54) is 11.6 Å². The number of rotatable bonds is 6. The molecular weight excluding hydrogens is 394 g/mol. The molecule has 0 fully saturated rings. The molecule has 0 atom stereocenters. The van der Waals surface area contributed by atoms with E-state index in [2.05, 4.69) is 21.6 Å². The molecule has 0 radical (unpaired) electrons. The lowest BCUT2D eigenvalue weighted by Crippen LogP contribution is -2.35. The first kappa shape index (κ1) is 18.3. The van der Waals surface area contributed by atoms with Crippen molar-refractivity contribution in [2.45, 2.75) is 10.6 Å². The highest BCUT2D eigenvalue weighted by Gasteiger charge is 2.16. The van der Waals surface area contributed by atoms with Gasteiger partial charge in [-0.2, -0.15) is 0 Å². The summed E-state index contributed by atoms with van der Waals surface area (Å²) in [5, 5.41) is 1.70. The van der Waals surface area contributed by atoms with E-state index >= 15 is 0 Å². The molecule has 0 aliphatic heterocycles. The third-order valence-corrected chi connectivity index (χ3v) is 7.08. The quantitative estimate of drug-likeness (QED) is 0.543. The van der Waals surface area contributed by atoms with Gasteiger partial charge in [-0.25, -0.2) is 8.42 Å². The van der Waals surface area contributed by atoms with E-state index in [0.29, 0.717) is 11.3 Å². The van der Waals surface area contributed by atoms with Gasteiger partial charge in [0, 0.05) is 16.8 Å². The van der Waals surface area contributed by atoms with Crippen molar-refractivity contribution in [1.29, 1.82) is 0 Å². The molecule has 142 valence electrons. The van der Waals surface area contributed by atoms with Crippen LogP contribution in [0.3, 0.4) is 0 Å². The van der Waals surface area contributed by atoms with Crippen molar-refractivity contribution in [2.24, 2.45) is 0 Å². The largest absolute Gasteiger partial charge is 0.298 e. The number of benzene rings is 2. The highest BCUT2D eigenvalue weighted by molar-refractivity contribution is 7.94. The molecule has 3 N–H and O–H groups in total. The third-order valence-electron chi connectivity index (χ3n) is 4.30. The third kappa shape index (κ3) is 3.78. The summed E-state index contributed by atoms with van der Waals surface area (Å²) in [6.07, 6.45) is 2.85. The summed E-state index contributed by atoms with van der Waals surface area (Å²) < 4.78 is 27.2. The number of hydrogen-bond acceptors (Lipinski definition) is 5. The van der Waals surface area contributed by atoms with E-state index in [-0.39, 0.29) is 10.1 Å². The van der Waals surface area contributed by atoms with Gasteiger partial charge in [0.1, 0.15) is 4.21 Å². The zero-order valence-corrected chi connectivity index (χ0v) is 16.3. The Balaban J connectivity index is 1.38. The van der Waals surface area contributed by atoms with Crippen LogP contribution >= 0.6 is 11.3 Å². The van der Waals surface area contributed by atoms with Gasteiger partial charge < -0.3 is 0 Å². The van der Waals surface area contributed by atoms with Gasteiger partial charge in [0.25, 0.3) is 15.9 Å². The summed E-state index contributed by atoms with van der Waals surface area (Å²) in [6, 6.07) is 17.5. The van der Waals surface area contributed by atoms with Crippen LogP contribution in [0.2, 0.25) is 0 Å². The summed E-state index contributed by atoms with van der Waals surface area (Å²) in [5.41, 5.74) is 9.59. The molecule has 3 aromatic rings. The number of carbonyl (C=O) groups excluding carboxylic acids is 1. The number of allylic oxidation sites excluding steroid dienone is 1. The number of hydrogen-bond donors (Lipinski definition) is 3. The van der Waals surface area contributed by atoms with Crippen LogP contribution in [0.4, 0.5) is 5.69 Å². The standard InChI is InChI=1S/C20H17N3O3S2/c24-20(22-21-18-12-9-14-4-1-2-5-17(14)18)15-7-10-16(11-8-15)23-28(25,26)19-6-3-13-27-19/h1-8,10-13,21,23H,9H2,(H,22,24). The van der Waals surface area contributed by atoms with Gasteiger partial charge in [0.2, 0.25) is 0 Å². The second-order valence-electron chi connectivity index (χ2n) is 6.17. The average Bonchev–Trinajstić information content (AvgIpc) is 3.37. The van der Waals surface area contributed by atoms with Crippen LogP contribution in [-0.4, -0.2) is 14.3 Å². The second kappa shape index (κ2) is 7.49. The van der Waals surface area contributed by atoms with Crippen LogP contribution < -0.4 is 15.6 Å². The molecule has 6 nitrogen and oxygen atoms in total. The van der Waals surface area contributed by atoms with Crippen molar-refractivity contribution >= 4 is 38.7 Å². The predicted molar refractivity (Wildman–Crippen MR) is 110 cm³/mol. The molecule has 2 aromatic carbocycles. The minimum Gasteiger partial charge on any atom is -0.298 e. The Morgan fingerprint density at radius 1 is 0.964 bits per heavy atom. The molecule has 1 amide bonds. The van der Waals surface area contributed by atoms with Gasteiger partial charge in [-0.05, 0) is 47.7 Å². The van der Waals surface area contributed by atoms with E-state index in [9.17, 15) is 13.2 Å². The zero-order chi connectivity index (χ0) is 19.6. The first-order chi connectivity index (χ1) is 13.5. The summed E-state index contributed by atoms with van der Waals surface area (Å²) in [7, 11) is -3.60. The first-order valence-electron chi connectivity index (χ1n) is 8.54. The van der Waals surface area contributed by atoms with Crippen molar-refractivity contribution in [3.8, 4) is 0 Å². The van der Waals surface area contributed by atoms with Gasteiger partial charge in [-0.15, -0.1) is 11.3 Å². The van der Waals surface area contributed by atoms with Crippen LogP contribution in [-0.2, 0) is 16.4 Å². The normalized spacial score (nSPS) is 12.8. The molecule has 0 saturated heterocycles.